The lowest BCUT2D eigenvalue weighted by atomic mass is 9.90. The zero-order valence-electron chi connectivity index (χ0n) is 14.4. The number of amides is 2. The highest BCUT2D eigenvalue weighted by molar-refractivity contribution is 5.89. The van der Waals surface area contributed by atoms with Crippen LogP contribution in [0.2, 0.25) is 0 Å². The van der Waals surface area contributed by atoms with Crippen molar-refractivity contribution in [2.24, 2.45) is 5.41 Å². The Bertz CT molecular complexity index is 614. The molecule has 0 aliphatic carbocycles. The largest absolute Gasteiger partial charge is 0.391 e. The van der Waals surface area contributed by atoms with Gasteiger partial charge in [-0.2, -0.15) is 0 Å². The van der Waals surface area contributed by atoms with Gasteiger partial charge >= 0.3 is 0 Å². The molecule has 1 aromatic rings. The molecule has 3 rings (SSSR count). The van der Waals surface area contributed by atoms with Gasteiger partial charge in [-0.05, 0) is 18.4 Å². The molecular weight excluding hydrogens is 304 g/mol. The Labute approximate surface area is 143 Å². The summed E-state index contributed by atoms with van der Waals surface area (Å²) < 4.78 is 0. The number of carbonyl (C=O) groups excluding carboxylic acids is 2. The van der Waals surface area contributed by atoms with Gasteiger partial charge in [-0.25, -0.2) is 0 Å². The highest BCUT2D eigenvalue weighted by atomic mass is 16.3. The van der Waals surface area contributed by atoms with Crippen molar-refractivity contribution in [3.8, 4) is 0 Å². The second kappa shape index (κ2) is 6.55. The lowest BCUT2D eigenvalue weighted by molar-refractivity contribution is -0.143. The number of rotatable bonds is 3. The monoisotopic (exact) mass is 330 g/mol. The molecule has 0 radical (unpaired) electrons. The Morgan fingerprint density at radius 2 is 1.96 bits per heavy atom. The SMILES string of the molecule is CC1(C)CN(C(=O)[C@H]2CCCN2C(=O)Cc2ccccc2)C[C@H]1O. The first-order valence-electron chi connectivity index (χ1n) is 8.69. The number of aliphatic hydroxyl groups excluding tert-OH is 1. The summed E-state index contributed by atoms with van der Waals surface area (Å²) >= 11 is 0. The van der Waals surface area contributed by atoms with Gasteiger partial charge < -0.3 is 14.9 Å². The number of aliphatic hydroxyl groups is 1. The molecule has 0 bridgehead atoms. The van der Waals surface area contributed by atoms with Crippen LogP contribution in [-0.2, 0) is 16.0 Å². The summed E-state index contributed by atoms with van der Waals surface area (Å²) in [6.45, 7) is 5.49. The lowest BCUT2D eigenvalue weighted by Crippen LogP contribution is -2.48. The van der Waals surface area contributed by atoms with Crippen LogP contribution in [0.15, 0.2) is 30.3 Å². The van der Waals surface area contributed by atoms with Crippen LogP contribution in [0.3, 0.4) is 0 Å². The molecule has 0 aromatic heterocycles. The van der Waals surface area contributed by atoms with Gasteiger partial charge in [-0.15, -0.1) is 0 Å². The zero-order valence-corrected chi connectivity index (χ0v) is 14.4. The van der Waals surface area contributed by atoms with Crippen molar-refractivity contribution < 1.29 is 14.7 Å². The van der Waals surface area contributed by atoms with Crippen molar-refractivity contribution in [3.63, 3.8) is 0 Å². The molecule has 2 aliphatic rings. The van der Waals surface area contributed by atoms with Gasteiger partial charge in [-0.3, -0.25) is 9.59 Å². The maximum absolute atomic E-state index is 12.9. The minimum atomic E-state index is -0.503. The van der Waals surface area contributed by atoms with Crippen LogP contribution in [0.4, 0.5) is 0 Å². The summed E-state index contributed by atoms with van der Waals surface area (Å²) in [6, 6.07) is 9.26. The van der Waals surface area contributed by atoms with Crippen LogP contribution in [0.25, 0.3) is 0 Å². The van der Waals surface area contributed by atoms with Crippen LogP contribution in [0.1, 0.15) is 32.3 Å². The number of hydrogen-bond donors (Lipinski definition) is 1. The first kappa shape index (κ1) is 17.0. The molecule has 130 valence electrons. The molecule has 5 nitrogen and oxygen atoms in total. The third kappa shape index (κ3) is 3.31. The molecular formula is C19H26N2O3. The second-order valence-corrected chi connectivity index (χ2v) is 7.63. The van der Waals surface area contributed by atoms with Crippen LogP contribution in [-0.4, -0.2) is 58.5 Å². The molecule has 5 heteroatoms. The Balaban J connectivity index is 1.67. The van der Waals surface area contributed by atoms with E-state index in [1.807, 2.05) is 44.2 Å². The van der Waals surface area contributed by atoms with Crippen molar-refractivity contribution in [1.29, 1.82) is 0 Å². The maximum Gasteiger partial charge on any atom is 0.245 e. The lowest BCUT2D eigenvalue weighted by Gasteiger charge is -2.28. The van der Waals surface area contributed by atoms with E-state index in [4.69, 9.17) is 0 Å². The van der Waals surface area contributed by atoms with Gasteiger partial charge in [0.2, 0.25) is 11.8 Å². The summed E-state index contributed by atoms with van der Waals surface area (Å²) in [7, 11) is 0. The van der Waals surface area contributed by atoms with E-state index in [-0.39, 0.29) is 23.3 Å². The zero-order chi connectivity index (χ0) is 17.3. The molecule has 2 aliphatic heterocycles. The maximum atomic E-state index is 12.9. The highest BCUT2D eigenvalue weighted by Crippen LogP contribution is 2.31. The van der Waals surface area contributed by atoms with Gasteiger partial charge in [0.05, 0.1) is 12.5 Å². The standard InChI is InChI=1S/C19H26N2O3/c1-19(2)13-20(12-16(19)22)18(24)15-9-6-10-21(15)17(23)11-14-7-4-3-5-8-14/h3-5,7-8,15-16,22H,6,9-13H2,1-2H3/t15-,16-/m1/s1. The van der Waals surface area contributed by atoms with Crippen LogP contribution in [0, 0.1) is 5.41 Å². The molecule has 2 saturated heterocycles. The van der Waals surface area contributed by atoms with Crippen molar-refractivity contribution in [2.75, 3.05) is 19.6 Å². The Hall–Kier alpha value is -1.88. The average Bonchev–Trinajstić information content (AvgIpc) is 3.13. The molecule has 2 fully saturated rings. The van der Waals surface area contributed by atoms with Gasteiger partial charge in [0.1, 0.15) is 6.04 Å². The first-order valence-corrected chi connectivity index (χ1v) is 8.69. The van der Waals surface area contributed by atoms with Gasteiger partial charge in [-0.1, -0.05) is 44.2 Å². The Kier molecular flexibility index (Phi) is 4.63. The number of hydrogen-bond acceptors (Lipinski definition) is 3. The molecule has 0 saturated carbocycles. The third-order valence-electron chi connectivity index (χ3n) is 5.26. The fourth-order valence-corrected chi connectivity index (χ4v) is 3.69. The summed E-state index contributed by atoms with van der Waals surface area (Å²) in [6.07, 6.45) is 1.40. The molecule has 2 atom stereocenters. The molecule has 0 spiro atoms. The summed E-state index contributed by atoms with van der Waals surface area (Å²) in [5, 5.41) is 10.1. The minimum Gasteiger partial charge on any atom is -0.391 e. The number of nitrogens with zero attached hydrogens (tertiary/aromatic N) is 2. The molecule has 1 aromatic carbocycles. The highest BCUT2D eigenvalue weighted by Gasteiger charge is 2.44. The van der Waals surface area contributed by atoms with E-state index in [0.29, 0.717) is 32.5 Å². The van der Waals surface area contributed by atoms with Crippen LogP contribution < -0.4 is 0 Å². The summed E-state index contributed by atoms with van der Waals surface area (Å²) in [5.74, 6) is -0.00501. The smallest absolute Gasteiger partial charge is 0.245 e. The van der Waals surface area contributed by atoms with Crippen molar-refractivity contribution >= 4 is 11.8 Å². The van der Waals surface area contributed by atoms with Gasteiger partial charge in [0, 0.05) is 25.0 Å². The Morgan fingerprint density at radius 3 is 2.58 bits per heavy atom. The first-order chi connectivity index (χ1) is 11.4. The van der Waals surface area contributed by atoms with E-state index >= 15 is 0 Å². The quantitative estimate of drug-likeness (QED) is 0.912. The van der Waals surface area contributed by atoms with Gasteiger partial charge in [0.15, 0.2) is 0 Å². The van der Waals surface area contributed by atoms with Crippen LogP contribution in [0.5, 0.6) is 0 Å². The topological polar surface area (TPSA) is 60.9 Å². The van der Waals surface area contributed by atoms with Gasteiger partial charge in [0.25, 0.3) is 0 Å². The third-order valence-corrected chi connectivity index (χ3v) is 5.26. The molecule has 0 unspecified atom stereocenters. The van der Waals surface area contributed by atoms with E-state index in [1.165, 1.54) is 0 Å². The number of carbonyl (C=O) groups is 2. The molecule has 2 amide bonds. The van der Waals surface area contributed by atoms with Crippen molar-refractivity contribution in [1.82, 2.24) is 9.80 Å². The number of likely N-dealkylation sites (tertiary alicyclic amines) is 2. The van der Waals surface area contributed by atoms with E-state index in [0.717, 1.165) is 12.0 Å². The fraction of sp³-hybridized carbons (Fsp3) is 0.579. The van der Waals surface area contributed by atoms with E-state index < -0.39 is 6.10 Å². The normalized spacial score (nSPS) is 26.0. The second-order valence-electron chi connectivity index (χ2n) is 7.63. The fourth-order valence-electron chi connectivity index (χ4n) is 3.69. The minimum absolute atomic E-state index is 0.0102. The van der Waals surface area contributed by atoms with Crippen molar-refractivity contribution in [3.05, 3.63) is 35.9 Å². The summed E-state index contributed by atoms with van der Waals surface area (Å²) in [5.41, 5.74) is 0.686. The van der Waals surface area contributed by atoms with E-state index in [1.54, 1.807) is 9.80 Å². The molecule has 2 heterocycles. The predicted molar refractivity (Wildman–Crippen MR) is 91.2 cm³/mol. The summed E-state index contributed by atoms with van der Waals surface area (Å²) in [4.78, 5) is 29.0. The predicted octanol–water partition coefficient (Wildman–Crippen LogP) is 1.45. The average molecular weight is 330 g/mol. The molecule has 1 N–H and O–H groups in total. The van der Waals surface area contributed by atoms with Crippen LogP contribution >= 0.6 is 0 Å². The van der Waals surface area contributed by atoms with E-state index in [9.17, 15) is 14.7 Å². The molecule has 24 heavy (non-hydrogen) atoms. The van der Waals surface area contributed by atoms with E-state index in [2.05, 4.69) is 0 Å². The number of β-amino-alcohol motifs (C(OH)–C–C–N with tert-alkyl or cyclic N) is 1. The Morgan fingerprint density at radius 1 is 1.25 bits per heavy atom. The number of benzene rings is 1. The van der Waals surface area contributed by atoms with Crippen molar-refractivity contribution in [2.45, 2.75) is 45.3 Å².